The highest BCUT2D eigenvalue weighted by Crippen LogP contribution is 2.25. The van der Waals surface area contributed by atoms with Gasteiger partial charge in [0, 0.05) is 11.3 Å². The molecule has 1 unspecified atom stereocenters. The molecule has 0 spiro atoms. The molecule has 14 heavy (non-hydrogen) atoms. The lowest BCUT2D eigenvalue weighted by Gasteiger charge is -2.08. The number of Topliss-reactive ketones (excluding diaryl/α,β-unsaturated/α-hetero) is 1. The smallest absolute Gasteiger partial charge is 0.214 e. The Morgan fingerprint density at radius 3 is 3.00 bits per heavy atom. The van der Waals surface area contributed by atoms with Gasteiger partial charge in [-0.2, -0.15) is 0 Å². The second-order valence-corrected chi connectivity index (χ2v) is 3.06. The van der Waals surface area contributed by atoms with E-state index in [0.717, 1.165) is 5.69 Å². The van der Waals surface area contributed by atoms with Crippen molar-refractivity contribution in [1.82, 2.24) is 0 Å². The first-order valence-corrected chi connectivity index (χ1v) is 4.45. The van der Waals surface area contributed by atoms with Gasteiger partial charge in [0.2, 0.25) is 5.78 Å². The van der Waals surface area contributed by atoms with Gasteiger partial charge in [0.05, 0.1) is 6.61 Å². The summed E-state index contributed by atoms with van der Waals surface area (Å²) in [6, 6.07) is 7.38. The second kappa shape index (κ2) is 3.64. The standard InChI is InChI=1S/C11H11NO2/c1-2-7-14-11-10(13)8-5-3-4-6-9(8)12-11/h2-6,11-12H,1,7H2. The molecule has 0 radical (unpaired) electrons. The van der Waals surface area contributed by atoms with Crippen LogP contribution >= 0.6 is 0 Å². The number of ether oxygens (including phenoxy) is 1. The zero-order chi connectivity index (χ0) is 9.97. The molecule has 1 atom stereocenters. The van der Waals surface area contributed by atoms with Crippen LogP contribution in [0.25, 0.3) is 0 Å². The van der Waals surface area contributed by atoms with E-state index in [2.05, 4.69) is 11.9 Å². The molecule has 3 heteroatoms. The van der Waals surface area contributed by atoms with Crippen LogP contribution in [0, 0.1) is 0 Å². The number of anilines is 1. The number of fused-ring (bicyclic) bond motifs is 1. The fourth-order valence-corrected chi connectivity index (χ4v) is 1.45. The topological polar surface area (TPSA) is 38.3 Å². The minimum absolute atomic E-state index is 0.0116. The molecule has 0 saturated carbocycles. The van der Waals surface area contributed by atoms with Gasteiger partial charge >= 0.3 is 0 Å². The van der Waals surface area contributed by atoms with E-state index in [-0.39, 0.29) is 5.78 Å². The molecule has 1 aliphatic rings. The van der Waals surface area contributed by atoms with E-state index in [1.807, 2.05) is 18.2 Å². The van der Waals surface area contributed by atoms with Gasteiger partial charge in [0.25, 0.3) is 0 Å². The molecule has 1 heterocycles. The summed E-state index contributed by atoms with van der Waals surface area (Å²) in [6.07, 6.45) is 1.07. The minimum atomic E-state index is -0.551. The maximum atomic E-state index is 11.7. The molecule has 3 nitrogen and oxygen atoms in total. The van der Waals surface area contributed by atoms with Gasteiger partial charge in [0.15, 0.2) is 6.23 Å². The van der Waals surface area contributed by atoms with Crippen molar-refractivity contribution in [2.24, 2.45) is 0 Å². The third kappa shape index (κ3) is 1.42. The van der Waals surface area contributed by atoms with Crippen molar-refractivity contribution in [2.45, 2.75) is 6.23 Å². The summed E-state index contributed by atoms with van der Waals surface area (Å²) in [4.78, 5) is 11.7. The van der Waals surface area contributed by atoms with Crippen LogP contribution in [-0.4, -0.2) is 18.6 Å². The van der Waals surface area contributed by atoms with E-state index in [1.165, 1.54) is 0 Å². The van der Waals surface area contributed by atoms with Crippen molar-refractivity contribution < 1.29 is 9.53 Å². The number of hydrogen-bond donors (Lipinski definition) is 1. The summed E-state index contributed by atoms with van der Waals surface area (Å²) < 4.78 is 5.27. The minimum Gasteiger partial charge on any atom is -0.353 e. The first-order valence-electron chi connectivity index (χ1n) is 4.45. The monoisotopic (exact) mass is 189 g/mol. The van der Waals surface area contributed by atoms with Crippen LogP contribution in [0.4, 0.5) is 5.69 Å². The Morgan fingerprint density at radius 2 is 2.29 bits per heavy atom. The van der Waals surface area contributed by atoms with Crippen molar-refractivity contribution in [3.8, 4) is 0 Å². The van der Waals surface area contributed by atoms with Gasteiger partial charge in [-0.1, -0.05) is 18.2 Å². The Morgan fingerprint density at radius 1 is 1.50 bits per heavy atom. The quantitative estimate of drug-likeness (QED) is 0.737. The van der Waals surface area contributed by atoms with Gasteiger partial charge in [-0.25, -0.2) is 0 Å². The van der Waals surface area contributed by atoms with Crippen LogP contribution in [0.2, 0.25) is 0 Å². The van der Waals surface area contributed by atoms with E-state index >= 15 is 0 Å². The molecular formula is C11H11NO2. The van der Waals surface area contributed by atoms with Gasteiger partial charge < -0.3 is 10.1 Å². The zero-order valence-electron chi connectivity index (χ0n) is 7.69. The Balaban J connectivity index is 2.17. The number of carbonyl (C=O) groups is 1. The Kier molecular flexibility index (Phi) is 2.33. The highest BCUT2D eigenvalue weighted by Gasteiger charge is 2.29. The lowest BCUT2D eigenvalue weighted by molar-refractivity contribution is 0.0621. The van der Waals surface area contributed by atoms with Gasteiger partial charge in [-0.15, -0.1) is 6.58 Å². The van der Waals surface area contributed by atoms with Crippen LogP contribution in [0.1, 0.15) is 10.4 Å². The summed E-state index contributed by atoms with van der Waals surface area (Å²) in [6.45, 7) is 3.90. The molecule has 1 N–H and O–H groups in total. The summed E-state index contributed by atoms with van der Waals surface area (Å²) in [5.41, 5.74) is 1.54. The molecule has 0 saturated heterocycles. The number of para-hydroxylation sites is 1. The molecule has 2 rings (SSSR count). The second-order valence-electron chi connectivity index (χ2n) is 3.06. The molecule has 0 aliphatic carbocycles. The lowest BCUT2D eigenvalue weighted by atomic mass is 10.1. The van der Waals surface area contributed by atoms with Crippen molar-refractivity contribution in [2.75, 3.05) is 11.9 Å². The highest BCUT2D eigenvalue weighted by molar-refractivity contribution is 6.09. The fourth-order valence-electron chi connectivity index (χ4n) is 1.45. The van der Waals surface area contributed by atoms with Gasteiger partial charge in [-0.3, -0.25) is 4.79 Å². The van der Waals surface area contributed by atoms with Crippen molar-refractivity contribution in [3.63, 3.8) is 0 Å². The molecule has 0 bridgehead atoms. The maximum absolute atomic E-state index is 11.7. The van der Waals surface area contributed by atoms with Crippen LogP contribution < -0.4 is 5.32 Å². The molecule has 0 fully saturated rings. The summed E-state index contributed by atoms with van der Waals surface area (Å²) >= 11 is 0. The average molecular weight is 189 g/mol. The summed E-state index contributed by atoms with van der Waals surface area (Å²) in [5.74, 6) is -0.0116. The number of nitrogens with one attached hydrogen (secondary N) is 1. The normalized spacial score (nSPS) is 18.9. The van der Waals surface area contributed by atoms with E-state index in [1.54, 1.807) is 12.1 Å². The molecule has 0 amide bonds. The fraction of sp³-hybridized carbons (Fsp3) is 0.182. The Labute approximate surface area is 82.4 Å². The third-order valence-electron chi connectivity index (χ3n) is 2.10. The van der Waals surface area contributed by atoms with E-state index < -0.39 is 6.23 Å². The highest BCUT2D eigenvalue weighted by atomic mass is 16.5. The maximum Gasteiger partial charge on any atom is 0.214 e. The summed E-state index contributed by atoms with van der Waals surface area (Å²) in [5, 5.41) is 3.00. The van der Waals surface area contributed by atoms with E-state index in [4.69, 9.17) is 4.74 Å². The molecular weight excluding hydrogens is 178 g/mol. The van der Waals surface area contributed by atoms with Crippen molar-refractivity contribution in [3.05, 3.63) is 42.5 Å². The average Bonchev–Trinajstić information content (AvgIpc) is 2.54. The van der Waals surface area contributed by atoms with Gasteiger partial charge in [-0.05, 0) is 12.1 Å². The molecule has 1 aromatic carbocycles. The molecule has 1 aromatic rings. The Hall–Kier alpha value is -1.61. The number of benzene rings is 1. The summed E-state index contributed by atoms with van der Waals surface area (Å²) in [7, 11) is 0. The first-order chi connectivity index (χ1) is 6.83. The number of hydrogen-bond acceptors (Lipinski definition) is 3. The largest absolute Gasteiger partial charge is 0.353 e. The first kappa shape index (κ1) is 8.97. The van der Waals surface area contributed by atoms with E-state index in [0.29, 0.717) is 12.2 Å². The third-order valence-corrected chi connectivity index (χ3v) is 2.10. The zero-order valence-corrected chi connectivity index (χ0v) is 7.69. The molecule has 0 aromatic heterocycles. The van der Waals surface area contributed by atoms with Crippen LogP contribution in [0.5, 0.6) is 0 Å². The molecule has 72 valence electrons. The SMILES string of the molecule is C=CCOC1Nc2ccccc2C1=O. The van der Waals surface area contributed by atoms with Crippen molar-refractivity contribution in [1.29, 1.82) is 0 Å². The van der Waals surface area contributed by atoms with Crippen LogP contribution in [-0.2, 0) is 4.74 Å². The van der Waals surface area contributed by atoms with Crippen molar-refractivity contribution >= 4 is 11.5 Å². The number of rotatable bonds is 3. The van der Waals surface area contributed by atoms with E-state index in [9.17, 15) is 4.79 Å². The Bertz CT molecular complexity index is 373. The predicted octanol–water partition coefficient (Wildman–Crippen LogP) is 1.82. The molecule has 1 aliphatic heterocycles. The van der Waals surface area contributed by atoms with Crippen LogP contribution in [0.3, 0.4) is 0 Å². The van der Waals surface area contributed by atoms with Crippen LogP contribution in [0.15, 0.2) is 36.9 Å². The lowest BCUT2D eigenvalue weighted by Crippen LogP contribution is -2.25. The number of ketones is 1. The van der Waals surface area contributed by atoms with Gasteiger partial charge in [0.1, 0.15) is 0 Å². The number of carbonyl (C=O) groups excluding carboxylic acids is 1. The predicted molar refractivity (Wildman–Crippen MR) is 54.3 cm³/mol.